The number of hydrogen-bond donors (Lipinski definition) is 1. The zero-order valence-corrected chi connectivity index (χ0v) is 10.8. The van der Waals surface area contributed by atoms with E-state index in [9.17, 15) is 9.90 Å². The maximum absolute atomic E-state index is 11.4. The molecule has 0 unspecified atom stereocenters. The molecule has 1 aromatic carbocycles. The van der Waals surface area contributed by atoms with Crippen LogP contribution in [0.1, 0.15) is 24.0 Å². The highest BCUT2D eigenvalue weighted by atomic mass is 79.9. The van der Waals surface area contributed by atoms with Gasteiger partial charge in [0.15, 0.2) is 11.5 Å². The molecule has 5 heteroatoms. The van der Waals surface area contributed by atoms with Crippen molar-refractivity contribution in [3.63, 3.8) is 0 Å². The summed E-state index contributed by atoms with van der Waals surface area (Å²) in [6, 6.07) is 1.85. The monoisotopic (exact) mass is 298 g/mol. The van der Waals surface area contributed by atoms with Crippen LogP contribution in [0.3, 0.4) is 0 Å². The average molecular weight is 299 g/mol. The number of ether oxygens (including phenoxy) is 2. The molecule has 1 saturated carbocycles. The van der Waals surface area contributed by atoms with E-state index in [0.29, 0.717) is 24.3 Å². The van der Waals surface area contributed by atoms with E-state index in [1.165, 1.54) is 0 Å². The van der Waals surface area contributed by atoms with Gasteiger partial charge in [-0.3, -0.25) is 4.79 Å². The summed E-state index contributed by atoms with van der Waals surface area (Å²) in [6.45, 7) is 2.08. The van der Waals surface area contributed by atoms with Crippen LogP contribution < -0.4 is 9.47 Å². The highest BCUT2D eigenvalue weighted by Crippen LogP contribution is 2.54. The Bertz CT molecular complexity index is 520. The van der Waals surface area contributed by atoms with Crippen LogP contribution in [0.15, 0.2) is 10.5 Å². The fraction of sp³-hybridized carbons (Fsp3) is 0.417. The molecule has 1 fully saturated rings. The van der Waals surface area contributed by atoms with Crippen LogP contribution in [0, 0.1) is 6.92 Å². The lowest BCUT2D eigenvalue weighted by atomic mass is 9.91. The van der Waals surface area contributed by atoms with Crippen molar-refractivity contribution >= 4 is 21.9 Å². The van der Waals surface area contributed by atoms with Gasteiger partial charge in [-0.15, -0.1) is 0 Å². The third-order valence-electron chi connectivity index (χ3n) is 3.52. The molecule has 0 saturated heterocycles. The lowest BCUT2D eigenvalue weighted by molar-refractivity contribution is -0.140. The molecule has 1 aliphatic heterocycles. The summed E-state index contributed by atoms with van der Waals surface area (Å²) in [7, 11) is 0. The first-order valence-corrected chi connectivity index (χ1v) is 6.18. The largest absolute Gasteiger partial charge is 0.481 e. The number of carbonyl (C=O) groups is 1. The van der Waals surface area contributed by atoms with Crippen molar-refractivity contribution in [1.82, 2.24) is 0 Å². The van der Waals surface area contributed by atoms with Crippen LogP contribution in [0.2, 0.25) is 0 Å². The standard InChI is InChI=1S/C12H11BrO4/c1-6-7(12(2-3-12)11(14)15)4-8(13)10-9(6)16-5-17-10/h4H,2-3,5H2,1H3,(H,14,15). The van der Waals surface area contributed by atoms with Crippen molar-refractivity contribution in [3.05, 3.63) is 21.7 Å². The van der Waals surface area contributed by atoms with Gasteiger partial charge in [-0.25, -0.2) is 0 Å². The number of rotatable bonds is 2. The summed E-state index contributed by atoms with van der Waals surface area (Å²) < 4.78 is 11.5. The average Bonchev–Trinajstić information content (AvgIpc) is 2.93. The second-order valence-corrected chi connectivity index (χ2v) is 5.34. The molecule has 0 bridgehead atoms. The van der Waals surface area contributed by atoms with E-state index in [4.69, 9.17) is 9.47 Å². The summed E-state index contributed by atoms with van der Waals surface area (Å²) in [5.74, 6) is 0.584. The molecule has 0 aromatic heterocycles. The minimum Gasteiger partial charge on any atom is -0.481 e. The zero-order chi connectivity index (χ0) is 12.2. The number of halogens is 1. The van der Waals surface area contributed by atoms with E-state index < -0.39 is 11.4 Å². The molecule has 0 atom stereocenters. The number of aliphatic carboxylic acids is 1. The van der Waals surface area contributed by atoms with Crippen LogP contribution in [0.25, 0.3) is 0 Å². The third-order valence-corrected chi connectivity index (χ3v) is 4.11. The SMILES string of the molecule is Cc1c(C2(C(=O)O)CC2)cc(Br)c2c1OCO2. The number of fused-ring (bicyclic) bond motifs is 1. The predicted octanol–water partition coefficient (Wildman–Crippen LogP) is 2.60. The lowest BCUT2D eigenvalue weighted by Crippen LogP contribution is -2.20. The van der Waals surface area contributed by atoms with Crippen molar-refractivity contribution in [2.45, 2.75) is 25.2 Å². The van der Waals surface area contributed by atoms with Gasteiger partial charge in [0, 0.05) is 0 Å². The first-order chi connectivity index (χ1) is 8.06. The topological polar surface area (TPSA) is 55.8 Å². The normalized spacial score (nSPS) is 19.2. The zero-order valence-electron chi connectivity index (χ0n) is 9.25. The van der Waals surface area contributed by atoms with Crippen LogP contribution in [-0.4, -0.2) is 17.9 Å². The Hall–Kier alpha value is -1.23. The van der Waals surface area contributed by atoms with Gasteiger partial charge in [-0.05, 0) is 52.9 Å². The molecule has 17 heavy (non-hydrogen) atoms. The Labute approximate surface area is 107 Å². The Balaban J connectivity index is 2.20. The third kappa shape index (κ3) is 1.38. The first-order valence-electron chi connectivity index (χ1n) is 5.39. The molecule has 90 valence electrons. The van der Waals surface area contributed by atoms with Crippen molar-refractivity contribution in [2.24, 2.45) is 0 Å². The molecule has 4 nitrogen and oxygen atoms in total. The molecule has 1 heterocycles. The molecule has 0 radical (unpaired) electrons. The van der Waals surface area contributed by atoms with E-state index >= 15 is 0 Å². The molecule has 2 aliphatic rings. The summed E-state index contributed by atoms with van der Waals surface area (Å²) in [6.07, 6.45) is 1.38. The van der Waals surface area contributed by atoms with Crippen molar-refractivity contribution in [1.29, 1.82) is 0 Å². The maximum Gasteiger partial charge on any atom is 0.314 e. The highest BCUT2D eigenvalue weighted by Gasteiger charge is 2.53. The number of benzene rings is 1. The van der Waals surface area contributed by atoms with E-state index in [-0.39, 0.29) is 6.79 Å². The summed E-state index contributed by atoms with van der Waals surface area (Å²) in [5, 5.41) is 9.33. The van der Waals surface area contributed by atoms with E-state index in [2.05, 4.69) is 15.9 Å². The second kappa shape index (κ2) is 3.38. The molecule has 3 rings (SSSR count). The molecular weight excluding hydrogens is 288 g/mol. The van der Waals surface area contributed by atoms with Crippen LogP contribution >= 0.6 is 15.9 Å². The molecule has 1 aliphatic carbocycles. The Morgan fingerprint density at radius 3 is 2.65 bits per heavy atom. The van der Waals surface area contributed by atoms with Gasteiger partial charge in [-0.1, -0.05) is 0 Å². The lowest BCUT2D eigenvalue weighted by Gasteiger charge is -2.16. The van der Waals surface area contributed by atoms with Crippen LogP contribution in [0.5, 0.6) is 11.5 Å². The van der Waals surface area contributed by atoms with Gasteiger partial charge >= 0.3 is 5.97 Å². The second-order valence-electron chi connectivity index (χ2n) is 4.48. The van der Waals surface area contributed by atoms with Crippen LogP contribution in [0.4, 0.5) is 0 Å². The first kappa shape index (κ1) is 10.9. The fourth-order valence-electron chi connectivity index (χ4n) is 2.38. The van der Waals surface area contributed by atoms with E-state index in [1.807, 2.05) is 13.0 Å². The van der Waals surface area contributed by atoms with Gasteiger partial charge in [0.25, 0.3) is 0 Å². The van der Waals surface area contributed by atoms with Gasteiger partial charge < -0.3 is 14.6 Å². The Kier molecular flexibility index (Phi) is 2.17. The maximum atomic E-state index is 11.4. The fourth-order valence-corrected chi connectivity index (χ4v) is 2.90. The number of hydrogen-bond acceptors (Lipinski definition) is 3. The van der Waals surface area contributed by atoms with Crippen LogP contribution in [-0.2, 0) is 10.2 Å². The van der Waals surface area contributed by atoms with Crippen molar-refractivity contribution < 1.29 is 19.4 Å². The van der Waals surface area contributed by atoms with E-state index in [1.54, 1.807) is 0 Å². The number of carboxylic acids is 1. The minimum absolute atomic E-state index is 0.193. The number of carboxylic acid groups (broad SMARTS) is 1. The molecule has 1 N–H and O–H groups in total. The Morgan fingerprint density at radius 1 is 1.41 bits per heavy atom. The van der Waals surface area contributed by atoms with Crippen molar-refractivity contribution in [3.8, 4) is 11.5 Å². The highest BCUT2D eigenvalue weighted by molar-refractivity contribution is 9.10. The Morgan fingerprint density at radius 2 is 2.06 bits per heavy atom. The van der Waals surface area contributed by atoms with Gasteiger partial charge in [0.05, 0.1) is 9.89 Å². The summed E-state index contributed by atoms with van der Waals surface area (Å²) in [5.41, 5.74) is 0.995. The van der Waals surface area contributed by atoms with Gasteiger partial charge in [0.1, 0.15) is 0 Å². The van der Waals surface area contributed by atoms with Crippen molar-refractivity contribution in [2.75, 3.05) is 6.79 Å². The summed E-state index contributed by atoms with van der Waals surface area (Å²) in [4.78, 5) is 11.4. The van der Waals surface area contributed by atoms with E-state index in [0.717, 1.165) is 15.6 Å². The smallest absolute Gasteiger partial charge is 0.314 e. The van der Waals surface area contributed by atoms with Gasteiger partial charge in [0.2, 0.25) is 6.79 Å². The molecule has 1 aromatic rings. The summed E-state index contributed by atoms with van der Waals surface area (Å²) >= 11 is 3.40. The minimum atomic E-state index is -0.758. The molecule has 0 spiro atoms. The molecule has 0 amide bonds. The van der Waals surface area contributed by atoms with Gasteiger partial charge in [-0.2, -0.15) is 0 Å². The predicted molar refractivity (Wildman–Crippen MR) is 63.5 cm³/mol. The molecular formula is C12H11BrO4. The quantitative estimate of drug-likeness (QED) is 0.912.